The first-order valence-electron chi connectivity index (χ1n) is 15.1. The largest absolute Gasteiger partial charge is 0.439 e. The number of primary amides is 1. The Morgan fingerprint density at radius 3 is 2.43 bits per heavy atom. The lowest BCUT2D eigenvalue weighted by Crippen LogP contribution is -2.37. The zero-order valence-electron chi connectivity index (χ0n) is 26.8. The summed E-state index contributed by atoms with van der Waals surface area (Å²) in [5.74, 6) is -1.62. The van der Waals surface area contributed by atoms with Crippen molar-refractivity contribution in [3.8, 4) is 0 Å². The van der Waals surface area contributed by atoms with Gasteiger partial charge in [0.2, 0.25) is 5.78 Å². The summed E-state index contributed by atoms with van der Waals surface area (Å²) in [6, 6.07) is 0. The summed E-state index contributed by atoms with van der Waals surface area (Å²) in [5.41, 5.74) is 12.6. The Balaban J connectivity index is 2.59. The standard InChI is InChI=1S/C33H49N3O8/c1-19-14-24-29(36-13-8-7-12-34)26(38)18-23(31(24)40)17-25(37)20(2)10-9-11-27(42-5)32(44-33(35)41)22(4)16-21(3)30(39)28(15-19)43-6/h9-11,16,18-19,21,27-28,30,32,36,39H,7-8,12-15,17,34H2,1-6H3,(H2,35,41)/b11-9-,20-10+,22-16+/t19-,21+,27+,28+,30-,32+/m1/s1. The minimum atomic E-state index is -0.989. The van der Waals surface area contributed by atoms with Crippen molar-refractivity contribution in [3.63, 3.8) is 0 Å². The average Bonchev–Trinajstić information content (AvgIpc) is 2.97. The Hall–Kier alpha value is -3.38. The number of hydrogen-bond acceptors (Lipinski definition) is 10. The van der Waals surface area contributed by atoms with Gasteiger partial charge in [-0.3, -0.25) is 14.4 Å². The van der Waals surface area contributed by atoms with Gasteiger partial charge in [-0.05, 0) is 69.2 Å². The smallest absolute Gasteiger partial charge is 0.405 e. The minimum absolute atomic E-state index is 0.130. The van der Waals surface area contributed by atoms with Gasteiger partial charge >= 0.3 is 6.09 Å². The molecule has 0 heterocycles. The Kier molecular flexibility index (Phi) is 14.9. The zero-order valence-corrected chi connectivity index (χ0v) is 26.8. The zero-order chi connectivity index (χ0) is 33.0. The number of aliphatic hydroxyl groups is 1. The lowest BCUT2D eigenvalue weighted by molar-refractivity contribution is -0.118. The van der Waals surface area contributed by atoms with Crippen LogP contribution in [0.4, 0.5) is 4.79 Å². The quantitative estimate of drug-likeness (QED) is 0.180. The van der Waals surface area contributed by atoms with Crippen molar-refractivity contribution in [1.82, 2.24) is 5.32 Å². The Bertz CT molecular complexity index is 1220. The minimum Gasteiger partial charge on any atom is -0.439 e. The number of Topliss-reactive ketones (excluding diaryl/α,β-unsaturated/α-hetero) is 2. The van der Waals surface area contributed by atoms with Crippen molar-refractivity contribution >= 4 is 23.4 Å². The van der Waals surface area contributed by atoms with Gasteiger partial charge in [-0.1, -0.05) is 38.2 Å². The number of carbonyl (C=O) groups is 4. The second-order valence-corrected chi connectivity index (χ2v) is 11.6. The molecule has 11 nitrogen and oxygen atoms in total. The normalized spacial score (nSPS) is 31.0. The van der Waals surface area contributed by atoms with Gasteiger partial charge in [-0.25, -0.2) is 4.79 Å². The van der Waals surface area contributed by atoms with Crippen LogP contribution < -0.4 is 16.8 Å². The molecule has 1 amide bonds. The van der Waals surface area contributed by atoms with Gasteiger partial charge in [-0.2, -0.15) is 0 Å². The van der Waals surface area contributed by atoms with E-state index >= 15 is 0 Å². The predicted molar refractivity (Wildman–Crippen MR) is 167 cm³/mol. The number of aliphatic hydroxyl groups excluding tert-OH is 1. The molecule has 244 valence electrons. The maximum atomic E-state index is 13.7. The molecule has 2 aliphatic rings. The summed E-state index contributed by atoms with van der Waals surface area (Å²) < 4.78 is 16.6. The van der Waals surface area contributed by atoms with E-state index in [1.807, 2.05) is 13.8 Å². The van der Waals surface area contributed by atoms with E-state index in [0.29, 0.717) is 36.2 Å². The van der Waals surface area contributed by atoms with Gasteiger partial charge in [-0.15, -0.1) is 0 Å². The number of allylic oxidation sites excluding steroid dienone is 6. The number of unbranched alkanes of at least 4 members (excludes halogenated alkanes) is 1. The van der Waals surface area contributed by atoms with Gasteiger partial charge in [0.1, 0.15) is 6.10 Å². The molecule has 0 aromatic carbocycles. The van der Waals surface area contributed by atoms with Crippen LogP contribution in [-0.2, 0) is 28.6 Å². The highest BCUT2D eigenvalue weighted by Gasteiger charge is 2.33. The molecule has 0 unspecified atom stereocenters. The van der Waals surface area contributed by atoms with Crippen LogP contribution in [0.25, 0.3) is 0 Å². The molecule has 2 bridgehead atoms. The number of fused-ring (bicyclic) bond motifs is 2. The third kappa shape index (κ3) is 10.4. The van der Waals surface area contributed by atoms with Crippen molar-refractivity contribution < 1.29 is 38.5 Å². The Labute approximate surface area is 260 Å². The van der Waals surface area contributed by atoms with E-state index < -0.39 is 36.4 Å². The molecule has 0 aromatic heterocycles. The van der Waals surface area contributed by atoms with E-state index in [-0.39, 0.29) is 47.4 Å². The van der Waals surface area contributed by atoms with Crippen LogP contribution in [0, 0.1) is 11.8 Å². The molecule has 0 saturated carbocycles. The molecule has 0 saturated heterocycles. The molecule has 11 heteroatoms. The van der Waals surface area contributed by atoms with Gasteiger partial charge in [0.05, 0.1) is 17.9 Å². The van der Waals surface area contributed by atoms with Crippen LogP contribution in [0.15, 0.2) is 58.4 Å². The molecular weight excluding hydrogens is 566 g/mol. The van der Waals surface area contributed by atoms with Gasteiger partial charge in [0.15, 0.2) is 17.7 Å². The maximum absolute atomic E-state index is 13.7. The van der Waals surface area contributed by atoms with E-state index in [9.17, 15) is 24.3 Å². The molecule has 0 aromatic rings. The van der Waals surface area contributed by atoms with Crippen molar-refractivity contribution in [2.45, 2.75) is 84.2 Å². The van der Waals surface area contributed by atoms with Gasteiger partial charge < -0.3 is 36.1 Å². The number of amides is 1. The topological polar surface area (TPSA) is 180 Å². The third-order valence-electron chi connectivity index (χ3n) is 7.99. The van der Waals surface area contributed by atoms with Crippen LogP contribution in [0.5, 0.6) is 0 Å². The first kappa shape index (κ1) is 36.8. The molecule has 0 radical (unpaired) electrons. The number of carbonyl (C=O) groups excluding carboxylic acids is 4. The lowest BCUT2D eigenvalue weighted by Gasteiger charge is -2.30. The Morgan fingerprint density at radius 2 is 1.82 bits per heavy atom. The second-order valence-electron chi connectivity index (χ2n) is 11.6. The number of methoxy groups -OCH3 is 2. The first-order chi connectivity index (χ1) is 20.8. The molecule has 0 spiro atoms. The molecular formula is C33H49N3O8. The number of nitrogens with one attached hydrogen (secondary N) is 1. The van der Waals surface area contributed by atoms with Crippen molar-refractivity contribution in [3.05, 3.63) is 58.4 Å². The Morgan fingerprint density at radius 1 is 1.11 bits per heavy atom. The number of rotatable bonds is 8. The molecule has 2 aliphatic carbocycles. The SMILES string of the molecule is CO[C@H]1/C=C\C=C(/C)C(=O)CC2=CC(=O)C(NCCCCN)=C(C[C@@H](C)C[C@H](OC)[C@H](O)[C@@H](C)/C=C(\C)[C@@H]1OC(N)=O)C2=O. The van der Waals surface area contributed by atoms with E-state index in [0.717, 1.165) is 12.8 Å². The summed E-state index contributed by atoms with van der Waals surface area (Å²) >= 11 is 0. The highest BCUT2D eigenvalue weighted by Crippen LogP contribution is 2.30. The lowest BCUT2D eigenvalue weighted by atomic mass is 9.82. The average molecular weight is 616 g/mol. The van der Waals surface area contributed by atoms with Crippen LogP contribution in [0.3, 0.4) is 0 Å². The van der Waals surface area contributed by atoms with E-state index in [2.05, 4.69) is 5.32 Å². The van der Waals surface area contributed by atoms with Crippen LogP contribution >= 0.6 is 0 Å². The van der Waals surface area contributed by atoms with Crippen LogP contribution in [0.1, 0.15) is 59.8 Å². The van der Waals surface area contributed by atoms with Crippen molar-refractivity contribution in [1.29, 1.82) is 0 Å². The van der Waals surface area contributed by atoms with Gasteiger partial charge in [0.25, 0.3) is 0 Å². The predicted octanol–water partition coefficient (Wildman–Crippen LogP) is 2.98. The van der Waals surface area contributed by atoms with Gasteiger partial charge in [0, 0.05) is 44.2 Å². The fourth-order valence-electron chi connectivity index (χ4n) is 5.47. The third-order valence-corrected chi connectivity index (χ3v) is 7.99. The fraction of sp³-hybridized carbons (Fsp3) is 0.576. The number of hydrogen-bond donors (Lipinski definition) is 4. The van der Waals surface area contributed by atoms with Crippen LogP contribution in [-0.4, -0.2) is 80.3 Å². The van der Waals surface area contributed by atoms with E-state index in [1.54, 1.807) is 38.2 Å². The fourth-order valence-corrected chi connectivity index (χ4v) is 5.47. The maximum Gasteiger partial charge on any atom is 0.405 e. The molecule has 2 rings (SSSR count). The highest BCUT2D eigenvalue weighted by atomic mass is 16.6. The monoisotopic (exact) mass is 615 g/mol. The van der Waals surface area contributed by atoms with Crippen molar-refractivity contribution in [2.24, 2.45) is 23.3 Å². The number of ether oxygens (including phenoxy) is 3. The summed E-state index contributed by atoms with van der Waals surface area (Å²) in [7, 11) is 2.95. The highest BCUT2D eigenvalue weighted by molar-refractivity contribution is 6.24. The summed E-state index contributed by atoms with van der Waals surface area (Å²) in [4.78, 5) is 51.9. The number of ketones is 3. The molecule has 6 N–H and O–H groups in total. The molecule has 0 aliphatic heterocycles. The van der Waals surface area contributed by atoms with E-state index in [4.69, 9.17) is 25.7 Å². The molecule has 44 heavy (non-hydrogen) atoms. The first-order valence-corrected chi connectivity index (χ1v) is 15.1. The van der Waals surface area contributed by atoms with Crippen molar-refractivity contribution in [2.75, 3.05) is 27.3 Å². The summed E-state index contributed by atoms with van der Waals surface area (Å²) in [6.45, 7) is 8.10. The number of nitrogens with two attached hydrogens (primary N) is 2. The molecule has 6 atom stereocenters. The molecule has 0 fully saturated rings. The second kappa shape index (κ2) is 17.8. The van der Waals surface area contributed by atoms with E-state index in [1.165, 1.54) is 20.3 Å². The van der Waals surface area contributed by atoms with Crippen LogP contribution in [0.2, 0.25) is 0 Å². The summed E-state index contributed by atoms with van der Waals surface area (Å²) in [5, 5.41) is 14.4. The summed E-state index contributed by atoms with van der Waals surface area (Å²) in [6.07, 6.45) is 5.48.